The number of aliphatic carboxylic acids is 1. The Hall–Kier alpha value is -2.40. The number of carboxylic acids is 1. The molecule has 0 saturated carbocycles. The number of carboxylic acid groups (broad SMARTS) is 1. The van der Waals surface area contributed by atoms with Gasteiger partial charge < -0.3 is 15.0 Å². The minimum absolute atomic E-state index is 0.0501. The first kappa shape index (κ1) is 17.4. The monoisotopic (exact) mass is 358 g/mol. The second-order valence-corrected chi connectivity index (χ2v) is 7.95. The van der Waals surface area contributed by atoms with Crippen LogP contribution < -0.4 is 5.09 Å². The highest BCUT2D eigenvalue weighted by Gasteiger charge is 2.28. The van der Waals surface area contributed by atoms with Crippen LogP contribution in [0, 0.1) is 0 Å². The number of hydrogen-bond acceptors (Lipinski definition) is 2. The molecule has 3 aromatic rings. The van der Waals surface area contributed by atoms with E-state index in [2.05, 4.69) is 10.1 Å². The average Bonchev–Trinajstić information content (AvgIpc) is 3.02. The normalized spacial score (nSPS) is 14.9. The molecule has 6 nitrogen and oxygen atoms in total. The third kappa shape index (κ3) is 4.17. The van der Waals surface area contributed by atoms with Gasteiger partial charge in [0.15, 0.2) is 0 Å². The minimum atomic E-state index is -3.83. The van der Waals surface area contributed by atoms with E-state index in [1.54, 1.807) is 30.3 Å². The van der Waals surface area contributed by atoms with E-state index < -0.39 is 19.5 Å². The number of benzene rings is 2. The predicted octanol–water partition coefficient (Wildman–Crippen LogP) is 3.31. The summed E-state index contributed by atoms with van der Waals surface area (Å²) in [6.07, 6.45) is 2.13. The third-order valence-electron chi connectivity index (χ3n) is 4.07. The number of aryl methyl sites for hydroxylation is 1. The van der Waals surface area contributed by atoms with Gasteiger partial charge in [-0.05, 0) is 23.6 Å². The highest BCUT2D eigenvalue weighted by Crippen LogP contribution is 2.40. The van der Waals surface area contributed by atoms with E-state index in [1.807, 2.05) is 30.5 Å². The molecule has 0 aliphatic heterocycles. The Bertz CT molecular complexity index is 923. The molecule has 0 bridgehead atoms. The summed E-state index contributed by atoms with van der Waals surface area (Å²) in [5.41, 5.74) is 2.33. The molecular formula is C18H19N2O4P. The van der Waals surface area contributed by atoms with Crippen molar-refractivity contribution in [1.82, 2.24) is 10.1 Å². The summed E-state index contributed by atoms with van der Waals surface area (Å²) in [5.74, 6) is -1.19. The van der Waals surface area contributed by atoms with Crippen LogP contribution in [-0.4, -0.2) is 27.1 Å². The number of nitrogens with one attached hydrogen (secondary N) is 2. The van der Waals surface area contributed by atoms with Crippen LogP contribution in [0.5, 0.6) is 0 Å². The summed E-state index contributed by atoms with van der Waals surface area (Å²) in [6, 6.07) is 14.9. The molecule has 0 spiro atoms. The maximum absolute atomic E-state index is 12.5. The van der Waals surface area contributed by atoms with Gasteiger partial charge in [0.05, 0.1) is 0 Å². The van der Waals surface area contributed by atoms with Gasteiger partial charge in [-0.3, -0.25) is 9.36 Å². The summed E-state index contributed by atoms with van der Waals surface area (Å²) in [6.45, 7) is 0. The van der Waals surface area contributed by atoms with Gasteiger partial charge >= 0.3 is 5.97 Å². The van der Waals surface area contributed by atoms with Crippen molar-refractivity contribution < 1.29 is 19.4 Å². The van der Waals surface area contributed by atoms with E-state index in [0.717, 1.165) is 16.5 Å². The summed E-state index contributed by atoms with van der Waals surface area (Å²) in [7, 11) is -3.83. The van der Waals surface area contributed by atoms with Gasteiger partial charge in [-0.25, -0.2) is 5.09 Å². The van der Waals surface area contributed by atoms with Crippen molar-refractivity contribution in [3.05, 3.63) is 71.9 Å². The minimum Gasteiger partial charge on any atom is -0.480 e. The fraction of sp³-hybridized carbons (Fsp3) is 0.167. The van der Waals surface area contributed by atoms with Crippen molar-refractivity contribution in [1.29, 1.82) is 0 Å². The van der Waals surface area contributed by atoms with Crippen molar-refractivity contribution in [3.8, 4) is 0 Å². The van der Waals surface area contributed by atoms with Gasteiger partial charge in [0.1, 0.15) is 6.04 Å². The van der Waals surface area contributed by atoms with Crippen LogP contribution in [0.2, 0.25) is 0 Å². The molecule has 7 heteroatoms. The SMILES string of the molecule is O=C(O)C(NP(=O)(O)CCc1c[nH]c2ccccc12)c1ccccc1. The molecule has 25 heavy (non-hydrogen) atoms. The summed E-state index contributed by atoms with van der Waals surface area (Å²) >= 11 is 0. The zero-order chi connectivity index (χ0) is 17.9. The molecule has 0 aliphatic carbocycles. The molecule has 0 amide bonds. The molecule has 2 unspecified atom stereocenters. The predicted molar refractivity (Wildman–Crippen MR) is 96.6 cm³/mol. The molecule has 0 fully saturated rings. The lowest BCUT2D eigenvalue weighted by Gasteiger charge is -2.19. The Morgan fingerprint density at radius 2 is 1.80 bits per heavy atom. The van der Waals surface area contributed by atoms with Crippen LogP contribution in [-0.2, 0) is 15.8 Å². The molecule has 0 aliphatic rings. The van der Waals surface area contributed by atoms with Crippen LogP contribution >= 0.6 is 7.52 Å². The molecule has 0 radical (unpaired) electrons. The average molecular weight is 358 g/mol. The maximum Gasteiger partial charge on any atom is 0.325 e. The highest BCUT2D eigenvalue weighted by molar-refractivity contribution is 7.55. The maximum atomic E-state index is 12.5. The Balaban J connectivity index is 1.72. The second-order valence-electron chi connectivity index (χ2n) is 5.85. The summed E-state index contributed by atoms with van der Waals surface area (Å²) < 4.78 is 12.5. The van der Waals surface area contributed by atoms with Gasteiger partial charge in [-0.15, -0.1) is 0 Å². The number of aromatic nitrogens is 1. The standard InChI is InChI=1S/C18H19N2O4P/c21-18(22)17(13-6-2-1-3-7-13)20-25(23,24)11-10-14-12-19-16-9-5-4-8-15(14)16/h1-9,12,17,19H,10-11H2,(H,21,22)(H2,20,23,24). The smallest absolute Gasteiger partial charge is 0.325 e. The Labute approximate surface area is 145 Å². The molecule has 3 rings (SSSR count). The van der Waals surface area contributed by atoms with Crippen molar-refractivity contribution in [3.63, 3.8) is 0 Å². The van der Waals surface area contributed by atoms with Crippen LogP contribution in [0.25, 0.3) is 10.9 Å². The highest BCUT2D eigenvalue weighted by atomic mass is 31.2. The molecule has 1 heterocycles. The Kier molecular flexibility index (Phi) is 5.04. The fourth-order valence-corrected chi connectivity index (χ4v) is 4.13. The number of aromatic amines is 1. The van der Waals surface area contributed by atoms with E-state index in [0.29, 0.717) is 12.0 Å². The first-order chi connectivity index (χ1) is 12.0. The molecule has 130 valence electrons. The van der Waals surface area contributed by atoms with Gasteiger partial charge in [0.2, 0.25) is 0 Å². The van der Waals surface area contributed by atoms with Crippen molar-refractivity contribution in [2.45, 2.75) is 12.5 Å². The molecule has 1 aromatic heterocycles. The van der Waals surface area contributed by atoms with E-state index in [1.165, 1.54) is 0 Å². The lowest BCUT2D eigenvalue weighted by atomic mass is 10.1. The van der Waals surface area contributed by atoms with Crippen LogP contribution in [0.4, 0.5) is 0 Å². The van der Waals surface area contributed by atoms with Crippen LogP contribution in [0.15, 0.2) is 60.8 Å². The van der Waals surface area contributed by atoms with Gasteiger partial charge in [-0.2, -0.15) is 0 Å². The van der Waals surface area contributed by atoms with E-state index in [4.69, 9.17) is 0 Å². The number of carbonyl (C=O) groups is 1. The number of fused-ring (bicyclic) bond motifs is 1. The number of hydrogen-bond donors (Lipinski definition) is 4. The Morgan fingerprint density at radius 3 is 2.52 bits per heavy atom. The molecular weight excluding hydrogens is 339 g/mol. The number of para-hydroxylation sites is 1. The van der Waals surface area contributed by atoms with Crippen LogP contribution in [0.3, 0.4) is 0 Å². The quantitative estimate of drug-likeness (QED) is 0.485. The molecule has 0 saturated heterocycles. The third-order valence-corrected chi connectivity index (χ3v) is 5.56. The van der Waals surface area contributed by atoms with E-state index in [9.17, 15) is 19.4 Å². The first-order valence-corrected chi connectivity index (χ1v) is 9.73. The molecule has 2 aromatic carbocycles. The van der Waals surface area contributed by atoms with E-state index >= 15 is 0 Å². The van der Waals surface area contributed by atoms with Crippen LogP contribution in [0.1, 0.15) is 17.2 Å². The van der Waals surface area contributed by atoms with Crippen molar-refractivity contribution >= 4 is 24.4 Å². The number of H-pyrrole nitrogens is 1. The summed E-state index contributed by atoms with van der Waals surface area (Å²) in [4.78, 5) is 24.8. The van der Waals surface area contributed by atoms with Gasteiger partial charge in [0.25, 0.3) is 7.52 Å². The molecule has 2 atom stereocenters. The largest absolute Gasteiger partial charge is 0.480 e. The Morgan fingerprint density at radius 1 is 1.12 bits per heavy atom. The second kappa shape index (κ2) is 7.23. The topological polar surface area (TPSA) is 102 Å². The van der Waals surface area contributed by atoms with E-state index in [-0.39, 0.29) is 6.16 Å². The summed E-state index contributed by atoms with van der Waals surface area (Å²) in [5, 5.41) is 12.8. The lowest BCUT2D eigenvalue weighted by molar-refractivity contribution is -0.139. The van der Waals surface area contributed by atoms with Gasteiger partial charge in [0, 0.05) is 23.3 Å². The fourth-order valence-electron chi connectivity index (χ4n) is 2.79. The molecule has 4 N–H and O–H groups in total. The zero-order valence-electron chi connectivity index (χ0n) is 13.4. The first-order valence-electron chi connectivity index (χ1n) is 7.89. The van der Waals surface area contributed by atoms with Crippen molar-refractivity contribution in [2.75, 3.05) is 6.16 Å². The number of rotatable bonds is 7. The zero-order valence-corrected chi connectivity index (χ0v) is 14.3. The lowest BCUT2D eigenvalue weighted by Crippen LogP contribution is -2.27. The van der Waals surface area contributed by atoms with Crippen molar-refractivity contribution in [2.24, 2.45) is 0 Å². The van der Waals surface area contributed by atoms with Gasteiger partial charge in [-0.1, -0.05) is 48.5 Å².